The number of alkyl halides is 3. The third-order valence-corrected chi connectivity index (χ3v) is 4.38. The first-order valence-corrected chi connectivity index (χ1v) is 7.37. The summed E-state index contributed by atoms with van der Waals surface area (Å²) in [6.45, 7) is 1.06. The van der Waals surface area contributed by atoms with Crippen molar-refractivity contribution in [2.45, 2.75) is 19.4 Å². The van der Waals surface area contributed by atoms with E-state index in [1.807, 2.05) is 4.90 Å². The standard InChI is InChI=1S/C12H18F3N3O2S/c1-20-7-9-10(6-19)21-11(16-9)18-4-2-17(3-5-18)8-12(13,14)15/h19H,2-8H2,1H3. The Morgan fingerprint density at radius 2 is 1.95 bits per heavy atom. The van der Waals surface area contributed by atoms with E-state index >= 15 is 0 Å². The normalized spacial score (nSPS) is 17.5. The van der Waals surface area contributed by atoms with E-state index in [0.29, 0.717) is 38.5 Å². The second-order valence-electron chi connectivity index (χ2n) is 4.84. The van der Waals surface area contributed by atoms with Gasteiger partial charge in [-0.1, -0.05) is 11.3 Å². The minimum absolute atomic E-state index is 0.107. The Labute approximate surface area is 124 Å². The fourth-order valence-electron chi connectivity index (χ4n) is 2.23. The Morgan fingerprint density at radius 1 is 1.29 bits per heavy atom. The number of rotatable bonds is 5. The minimum atomic E-state index is -4.15. The van der Waals surface area contributed by atoms with Crippen LogP contribution in [0.3, 0.4) is 0 Å². The molecule has 0 unspecified atom stereocenters. The molecule has 1 aromatic rings. The maximum atomic E-state index is 12.3. The highest BCUT2D eigenvalue weighted by atomic mass is 32.1. The predicted octanol–water partition coefficient (Wildman–Crippen LogP) is 1.47. The Kier molecular flexibility index (Phi) is 5.42. The Morgan fingerprint density at radius 3 is 2.48 bits per heavy atom. The summed E-state index contributed by atoms with van der Waals surface area (Å²) in [5.41, 5.74) is 0.692. The number of ether oxygens (including phenoxy) is 1. The second-order valence-corrected chi connectivity index (χ2v) is 5.90. The maximum Gasteiger partial charge on any atom is 0.401 e. The van der Waals surface area contributed by atoms with E-state index in [4.69, 9.17) is 4.74 Å². The zero-order valence-electron chi connectivity index (χ0n) is 11.7. The van der Waals surface area contributed by atoms with E-state index < -0.39 is 12.7 Å². The van der Waals surface area contributed by atoms with E-state index in [1.165, 1.54) is 16.2 Å². The second kappa shape index (κ2) is 6.91. The van der Waals surface area contributed by atoms with Crippen molar-refractivity contribution in [1.82, 2.24) is 9.88 Å². The highest BCUT2D eigenvalue weighted by molar-refractivity contribution is 7.15. The number of aliphatic hydroxyl groups is 1. The van der Waals surface area contributed by atoms with Crippen LogP contribution in [-0.2, 0) is 18.0 Å². The lowest BCUT2D eigenvalue weighted by molar-refractivity contribution is -0.146. The Balaban J connectivity index is 1.96. The third-order valence-electron chi connectivity index (χ3n) is 3.24. The molecule has 0 bridgehead atoms. The summed E-state index contributed by atoms with van der Waals surface area (Å²) in [5.74, 6) is 0. The number of piperazine rings is 1. The lowest BCUT2D eigenvalue weighted by Crippen LogP contribution is -2.49. The molecule has 120 valence electrons. The van der Waals surface area contributed by atoms with Gasteiger partial charge in [0.2, 0.25) is 0 Å². The molecule has 2 rings (SSSR count). The van der Waals surface area contributed by atoms with Gasteiger partial charge >= 0.3 is 6.18 Å². The molecule has 1 saturated heterocycles. The summed E-state index contributed by atoms with van der Waals surface area (Å²) in [5, 5.41) is 10.0. The molecule has 5 nitrogen and oxygen atoms in total. The first-order chi connectivity index (χ1) is 9.93. The van der Waals surface area contributed by atoms with Crippen molar-refractivity contribution < 1.29 is 23.0 Å². The average molecular weight is 325 g/mol. The predicted molar refractivity (Wildman–Crippen MR) is 73.5 cm³/mol. The summed E-state index contributed by atoms with van der Waals surface area (Å²) in [6, 6.07) is 0. The zero-order valence-corrected chi connectivity index (χ0v) is 12.5. The number of aromatic nitrogens is 1. The van der Waals surface area contributed by atoms with Crippen LogP contribution in [0.1, 0.15) is 10.6 Å². The molecule has 0 amide bonds. The largest absolute Gasteiger partial charge is 0.401 e. The van der Waals surface area contributed by atoms with Crippen molar-refractivity contribution in [2.24, 2.45) is 0 Å². The summed E-state index contributed by atoms with van der Waals surface area (Å²) in [6.07, 6.45) is -4.15. The van der Waals surface area contributed by atoms with Crippen LogP contribution in [0.5, 0.6) is 0 Å². The fourth-order valence-corrected chi connectivity index (χ4v) is 3.20. The number of hydrogen-bond acceptors (Lipinski definition) is 6. The molecule has 0 aromatic carbocycles. The molecule has 0 atom stereocenters. The Hall–Kier alpha value is -0.900. The van der Waals surface area contributed by atoms with Crippen molar-refractivity contribution in [3.8, 4) is 0 Å². The van der Waals surface area contributed by atoms with Gasteiger partial charge in [0.15, 0.2) is 5.13 Å². The van der Waals surface area contributed by atoms with Crippen LogP contribution in [0.4, 0.5) is 18.3 Å². The van der Waals surface area contributed by atoms with Gasteiger partial charge in [-0.15, -0.1) is 0 Å². The fraction of sp³-hybridized carbons (Fsp3) is 0.750. The molecule has 1 aliphatic heterocycles. The first-order valence-electron chi connectivity index (χ1n) is 6.55. The molecule has 9 heteroatoms. The van der Waals surface area contributed by atoms with Crippen LogP contribution in [0.25, 0.3) is 0 Å². The molecule has 0 aliphatic carbocycles. The van der Waals surface area contributed by atoms with Crippen molar-refractivity contribution in [3.63, 3.8) is 0 Å². The van der Waals surface area contributed by atoms with Gasteiger partial charge in [-0.25, -0.2) is 4.98 Å². The topological polar surface area (TPSA) is 48.8 Å². The SMILES string of the molecule is COCc1nc(N2CCN(CC(F)(F)F)CC2)sc1CO. The molecular weight excluding hydrogens is 307 g/mol. The van der Waals surface area contributed by atoms with Crippen LogP contribution < -0.4 is 4.90 Å². The lowest BCUT2D eigenvalue weighted by atomic mass is 10.3. The quantitative estimate of drug-likeness (QED) is 0.888. The van der Waals surface area contributed by atoms with Gasteiger partial charge in [0.1, 0.15) is 0 Å². The summed E-state index contributed by atoms with van der Waals surface area (Å²) >= 11 is 1.36. The number of thiazole rings is 1. The maximum absolute atomic E-state index is 12.3. The molecule has 0 spiro atoms. The van der Waals surface area contributed by atoms with Crippen LogP contribution in [0.2, 0.25) is 0 Å². The number of halogens is 3. The van der Waals surface area contributed by atoms with Crippen molar-refractivity contribution >= 4 is 16.5 Å². The highest BCUT2D eigenvalue weighted by Crippen LogP contribution is 2.28. The summed E-state index contributed by atoms with van der Waals surface area (Å²) in [7, 11) is 1.55. The van der Waals surface area contributed by atoms with Crippen molar-refractivity contribution in [2.75, 3.05) is 44.7 Å². The van der Waals surface area contributed by atoms with Gasteiger partial charge < -0.3 is 14.7 Å². The van der Waals surface area contributed by atoms with Gasteiger partial charge in [-0.2, -0.15) is 13.2 Å². The molecule has 2 heterocycles. The van der Waals surface area contributed by atoms with Gasteiger partial charge in [0, 0.05) is 33.3 Å². The van der Waals surface area contributed by atoms with E-state index in [1.54, 1.807) is 7.11 Å². The van der Waals surface area contributed by atoms with Crippen LogP contribution in [0.15, 0.2) is 0 Å². The highest BCUT2D eigenvalue weighted by Gasteiger charge is 2.32. The number of methoxy groups -OCH3 is 1. The van der Waals surface area contributed by atoms with Crippen LogP contribution in [-0.4, -0.2) is 61.0 Å². The van der Waals surface area contributed by atoms with Gasteiger partial charge in [0.25, 0.3) is 0 Å². The number of aliphatic hydroxyl groups excluding tert-OH is 1. The van der Waals surface area contributed by atoms with Crippen LogP contribution >= 0.6 is 11.3 Å². The molecule has 0 saturated carbocycles. The van der Waals surface area contributed by atoms with Gasteiger partial charge in [-0.3, -0.25) is 4.90 Å². The molecular formula is C12H18F3N3O2S. The number of anilines is 1. The lowest BCUT2D eigenvalue weighted by Gasteiger charge is -2.34. The first kappa shape index (κ1) is 16.5. The number of nitrogens with zero attached hydrogens (tertiary/aromatic N) is 3. The molecule has 1 aromatic heterocycles. The number of hydrogen-bond donors (Lipinski definition) is 1. The summed E-state index contributed by atoms with van der Waals surface area (Å²) < 4.78 is 42.0. The molecule has 1 fully saturated rings. The minimum Gasteiger partial charge on any atom is -0.391 e. The third kappa shape index (κ3) is 4.53. The molecule has 1 N–H and O–H groups in total. The van der Waals surface area contributed by atoms with Gasteiger partial charge in [-0.05, 0) is 0 Å². The molecule has 0 radical (unpaired) electrons. The van der Waals surface area contributed by atoms with Crippen molar-refractivity contribution in [3.05, 3.63) is 10.6 Å². The van der Waals surface area contributed by atoms with Crippen molar-refractivity contribution in [1.29, 1.82) is 0 Å². The molecule has 21 heavy (non-hydrogen) atoms. The van der Waals surface area contributed by atoms with Crippen LogP contribution in [0, 0.1) is 0 Å². The van der Waals surface area contributed by atoms with E-state index in [-0.39, 0.29) is 6.61 Å². The summed E-state index contributed by atoms with van der Waals surface area (Å²) in [4.78, 5) is 8.50. The van der Waals surface area contributed by atoms with E-state index in [2.05, 4.69) is 4.98 Å². The molecule has 1 aliphatic rings. The Bertz CT molecular complexity index is 459. The monoisotopic (exact) mass is 325 g/mol. The average Bonchev–Trinajstić information content (AvgIpc) is 2.81. The smallest absolute Gasteiger partial charge is 0.391 e. The van der Waals surface area contributed by atoms with E-state index in [0.717, 1.165) is 10.0 Å². The van der Waals surface area contributed by atoms with Gasteiger partial charge in [0.05, 0.1) is 30.3 Å². The van der Waals surface area contributed by atoms with E-state index in [9.17, 15) is 18.3 Å². The zero-order chi connectivity index (χ0) is 15.5.